The molecule has 0 bridgehead atoms. The highest BCUT2D eigenvalue weighted by Crippen LogP contribution is 2.08. The van der Waals surface area contributed by atoms with Crippen molar-refractivity contribution in [3.63, 3.8) is 0 Å². The van der Waals surface area contributed by atoms with Gasteiger partial charge in [-0.2, -0.15) is 0 Å². The summed E-state index contributed by atoms with van der Waals surface area (Å²) in [5.41, 5.74) is 4.71. The van der Waals surface area contributed by atoms with Crippen LogP contribution in [0.4, 0.5) is 0 Å². The Morgan fingerprint density at radius 1 is 1.17 bits per heavy atom. The fourth-order valence-corrected chi connectivity index (χ4v) is 1.17. The van der Waals surface area contributed by atoms with E-state index in [2.05, 4.69) is 32.6 Å². The van der Waals surface area contributed by atoms with Crippen LogP contribution in [-0.4, -0.2) is 0 Å². The van der Waals surface area contributed by atoms with Crippen LogP contribution in [0, 0.1) is 0 Å². The minimum Gasteiger partial charge on any atom is -0.126 e. The first-order valence-corrected chi connectivity index (χ1v) is 5.21. The lowest BCUT2D eigenvalue weighted by atomic mass is 10.1. The van der Waals surface area contributed by atoms with Crippen LogP contribution in [-0.2, 0) is 0 Å². The maximum atomic E-state index is 3.30. The van der Waals surface area contributed by atoms with E-state index in [0.29, 0.717) is 0 Å². The fraction of sp³-hybridized carbons (Fsp3) is 0.750. The van der Waals surface area contributed by atoms with Crippen LogP contribution in [0.3, 0.4) is 0 Å². The molecule has 0 saturated carbocycles. The van der Waals surface area contributed by atoms with Crippen molar-refractivity contribution in [2.45, 2.75) is 59.3 Å². The van der Waals surface area contributed by atoms with Gasteiger partial charge in [0.25, 0.3) is 0 Å². The maximum absolute atomic E-state index is 3.30. The van der Waals surface area contributed by atoms with Crippen molar-refractivity contribution in [1.29, 1.82) is 0 Å². The first kappa shape index (κ1) is 11.5. The predicted octanol–water partition coefficient (Wildman–Crippen LogP) is 4.47. The molecule has 70 valence electrons. The van der Waals surface area contributed by atoms with Gasteiger partial charge >= 0.3 is 0 Å². The van der Waals surface area contributed by atoms with Crippen molar-refractivity contribution in [2.75, 3.05) is 0 Å². The zero-order valence-corrected chi connectivity index (χ0v) is 8.82. The second kappa shape index (κ2) is 8.62. The lowest BCUT2D eigenvalue weighted by Crippen LogP contribution is -1.78. The van der Waals surface area contributed by atoms with Gasteiger partial charge in [0.15, 0.2) is 0 Å². The highest BCUT2D eigenvalue weighted by molar-refractivity contribution is 4.97. The molecule has 0 nitrogen and oxygen atoms in total. The first-order chi connectivity index (χ1) is 5.81. The zero-order chi connectivity index (χ0) is 9.23. The molecule has 0 rings (SSSR count). The summed E-state index contributed by atoms with van der Waals surface area (Å²) >= 11 is 0. The van der Waals surface area contributed by atoms with Gasteiger partial charge in [0.2, 0.25) is 0 Å². The number of hydrogen-bond acceptors (Lipinski definition) is 0. The first-order valence-electron chi connectivity index (χ1n) is 5.21. The Labute approximate surface area is 77.4 Å². The Balaban J connectivity index is 3.43. The molecular formula is C12H22. The third-order valence-electron chi connectivity index (χ3n) is 1.96. The topological polar surface area (TPSA) is 0 Å². The van der Waals surface area contributed by atoms with E-state index in [0.717, 1.165) is 6.42 Å². The fourth-order valence-electron chi connectivity index (χ4n) is 1.17. The van der Waals surface area contributed by atoms with E-state index in [-0.39, 0.29) is 0 Å². The van der Waals surface area contributed by atoms with Gasteiger partial charge in [0.05, 0.1) is 0 Å². The van der Waals surface area contributed by atoms with Crippen LogP contribution in [0.15, 0.2) is 17.4 Å². The SMILES string of the molecule is CCC=C=C(C)CCCCCC. The average Bonchev–Trinajstić information content (AvgIpc) is 2.09. The summed E-state index contributed by atoms with van der Waals surface area (Å²) in [4.78, 5) is 0. The quantitative estimate of drug-likeness (QED) is 0.403. The molecule has 0 aromatic carbocycles. The molecule has 0 heteroatoms. The van der Waals surface area contributed by atoms with E-state index < -0.39 is 0 Å². The summed E-state index contributed by atoms with van der Waals surface area (Å²) in [6.45, 7) is 6.58. The van der Waals surface area contributed by atoms with Gasteiger partial charge in [-0.25, -0.2) is 0 Å². The molecule has 0 spiro atoms. The molecule has 0 atom stereocenters. The van der Waals surface area contributed by atoms with Crippen LogP contribution < -0.4 is 0 Å². The van der Waals surface area contributed by atoms with E-state index in [1.54, 1.807) is 0 Å². The average molecular weight is 166 g/mol. The molecule has 0 unspecified atom stereocenters. The van der Waals surface area contributed by atoms with Gasteiger partial charge < -0.3 is 0 Å². The van der Waals surface area contributed by atoms with Gasteiger partial charge in [-0.1, -0.05) is 33.1 Å². The summed E-state index contributed by atoms with van der Waals surface area (Å²) in [5, 5.41) is 0. The van der Waals surface area contributed by atoms with Gasteiger partial charge in [0, 0.05) is 0 Å². The zero-order valence-electron chi connectivity index (χ0n) is 8.82. The molecule has 0 aliphatic rings. The second-order valence-electron chi connectivity index (χ2n) is 3.35. The molecule has 0 aromatic heterocycles. The van der Waals surface area contributed by atoms with Crippen molar-refractivity contribution >= 4 is 0 Å². The molecular weight excluding hydrogens is 144 g/mol. The Kier molecular flexibility index (Phi) is 8.27. The van der Waals surface area contributed by atoms with E-state index in [9.17, 15) is 0 Å². The molecule has 0 aliphatic heterocycles. The number of hydrogen-bond donors (Lipinski definition) is 0. The van der Waals surface area contributed by atoms with Crippen LogP contribution >= 0.6 is 0 Å². The molecule has 0 N–H and O–H groups in total. The van der Waals surface area contributed by atoms with E-state index >= 15 is 0 Å². The Morgan fingerprint density at radius 3 is 2.50 bits per heavy atom. The number of allylic oxidation sites excluding steroid dienone is 1. The highest BCUT2D eigenvalue weighted by Gasteiger charge is 1.88. The lowest BCUT2D eigenvalue weighted by Gasteiger charge is -1.97. The lowest BCUT2D eigenvalue weighted by molar-refractivity contribution is 0.664. The van der Waals surface area contributed by atoms with Crippen LogP contribution in [0.25, 0.3) is 0 Å². The molecule has 0 aromatic rings. The number of unbranched alkanes of at least 4 members (excludes halogenated alkanes) is 3. The minimum atomic E-state index is 1.10. The van der Waals surface area contributed by atoms with E-state index in [1.807, 2.05) is 0 Å². The Bertz CT molecular complexity index is 147. The normalized spacial score (nSPS) is 9.25. The third-order valence-corrected chi connectivity index (χ3v) is 1.96. The molecule has 0 saturated heterocycles. The van der Waals surface area contributed by atoms with Crippen molar-refractivity contribution in [2.24, 2.45) is 0 Å². The van der Waals surface area contributed by atoms with Crippen molar-refractivity contribution in [3.8, 4) is 0 Å². The summed E-state index contributed by atoms with van der Waals surface area (Å²) in [6, 6.07) is 0. The Morgan fingerprint density at radius 2 is 1.92 bits per heavy atom. The van der Waals surface area contributed by atoms with Crippen molar-refractivity contribution < 1.29 is 0 Å². The molecule has 0 fully saturated rings. The highest BCUT2D eigenvalue weighted by atomic mass is 13.9. The van der Waals surface area contributed by atoms with Gasteiger partial charge in [0.1, 0.15) is 0 Å². The monoisotopic (exact) mass is 166 g/mol. The van der Waals surface area contributed by atoms with Gasteiger partial charge in [-0.3, -0.25) is 0 Å². The van der Waals surface area contributed by atoms with Crippen LogP contribution in [0.2, 0.25) is 0 Å². The standard InChI is InChI=1S/C12H22/c1-4-6-8-9-11-12(3)10-7-5-2/h7H,4-6,8-9,11H2,1-3H3. The van der Waals surface area contributed by atoms with Crippen molar-refractivity contribution in [1.82, 2.24) is 0 Å². The largest absolute Gasteiger partial charge is 0.126 e. The minimum absolute atomic E-state index is 1.10. The molecule has 0 heterocycles. The molecule has 0 radical (unpaired) electrons. The molecule has 0 aliphatic carbocycles. The summed E-state index contributed by atoms with van der Waals surface area (Å²) in [6.07, 6.45) is 9.88. The predicted molar refractivity (Wildman–Crippen MR) is 56.3 cm³/mol. The summed E-state index contributed by atoms with van der Waals surface area (Å²) in [5.74, 6) is 0. The summed E-state index contributed by atoms with van der Waals surface area (Å²) in [7, 11) is 0. The molecule has 12 heavy (non-hydrogen) atoms. The Hall–Kier alpha value is -0.480. The van der Waals surface area contributed by atoms with Gasteiger partial charge in [-0.15, -0.1) is 5.73 Å². The number of rotatable bonds is 6. The van der Waals surface area contributed by atoms with E-state index in [1.165, 1.54) is 37.7 Å². The smallest absolute Gasteiger partial charge is 0.0247 e. The van der Waals surface area contributed by atoms with Gasteiger partial charge in [-0.05, 0) is 37.8 Å². The maximum Gasteiger partial charge on any atom is -0.0247 e. The van der Waals surface area contributed by atoms with Crippen molar-refractivity contribution in [3.05, 3.63) is 17.4 Å². The summed E-state index contributed by atoms with van der Waals surface area (Å²) < 4.78 is 0. The second-order valence-corrected chi connectivity index (χ2v) is 3.35. The third kappa shape index (κ3) is 7.63. The van der Waals surface area contributed by atoms with Crippen LogP contribution in [0.5, 0.6) is 0 Å². The van der Waals surface area contributed by atoms with Crippen LogP contribution in [0.1, 0.15) is 59.3 Å². The van der Waals surface area contributed by atoms with E-state index in [4.69, 9.17) is 0 Å². The molecule has 0 amide bonds.